The first-order chi connectivity index (χ1) is 9.05. The van der Waals surface area contributed by atoms with Gasteiger partial charge in [-0.2, -0.15) is 0 Å². The monoisotopic (exact) mass is 297 g/mol. The normalized spacial score (nSPS) is 11.3. The molecular formula is C13H15NO3S2. The highest BCUT2D eigenvalue weighted by atomic mass is 32.2. The zero-order valence-electron chi connectivity index (χ0n) is 10.7. The van der Waals surface area contributed by atoms with Gasteiger partial charge in [0.15, 0.2) is 0 Å². The number of rotatable bonds is 5. The fraction of sp³-hybridized carbons (Fsp3) is 0.231. The average molecular weight is 297 g/mol. The van der Waals surface area contributed by atoms with Crippen molar-refractivity contribution in [1.29, 1.82) is 0 Å². The van der Waals surface area contributed by atoms with Gasteiger partial charge in [0.1, 0.15) is 9.96 Å². The van der Waals surface area contributed by atoms with E-state index in [4.69, 9.17) is 4.74 Å². The van der Waals surface area contributed by atoms with Gasteiger partial charge in [0, 0.05) is 10.6 Å². The van der Waals surface area contributed by atoms with Gasteiger partial charge in [-0.15, -0.1) is 11.3 Å². The molecule has 1 heterocycles. The molecule has 0 bridgehead atoms. The van der Waals surface area contributed by atoms with Crippen LogP contribution in [0.4, 0.5) is 5.69 Å². The maximum Gasteiger partial charge on any atom is 0.271 e. The maximum absolute atomic E-state index is 12.2. The van der Waals surface area contributed by atoms with E-state index in [-0.39, 0.29) is 0 Å². The molecule has 0 aliphatic carbocycles. The third-order valence-corrected chi connectivity index (χ3v) is 5.70. The molecule has 1 aromatic heterocycles. The highest BCUT2D eigenvalue weighted by Crippen LogP contribution is 2.25. The van der Waals surface area contributed by atoms with Crippen molar-refractivity contribution in [2.24, 2.45) is 0 Å². The third-order valence-electron chi connectivity index (χ3n) is 2.59. The zero-order chi connectivity index (χ0) is 13.9. The van der Waals surface area contributed by atoms with Crippen LogP contribution in [0.5, 0.6) is 5.75 Å². The van der Waals surface area contributed by atoms with Gasteiger partial charge >= 0.3 is 0 Å². The molecule has 0 radical (unpaired) electrons. The molecule has 0 atom stereocenters. The maximum atomic E-state index is 12.2. The van der Waals surface area contributed by atoms with Gasteiger partial charge in [0.2, 0.25) is 0 Å². The van der Waals surface area contributed by atoms with E-state index in [0.717, 1.165) is 11.3 Å². The second kappa shape index (κ2) is 5.63. The van der Waals surface area contributed by atoms with Crippen LogP contribution in [0.25, 0.3) is 0 Å². The molecule has 0 amide bonds. The SMILES string of the molecule is CCc1ccc(S(=O)(=O)Nc2ccc(OC)cc2)s1. The molecule has 2 aromatic rings. The van der Waals surface area contributed by atoms with Crippen molar-refractivity contribution >= 4 is 27.0 Å². The van der Waals surface area contributed by atoms with E-state index in [0.29, 0.717) is 15.6 Å². The summed E-state index contributed by atoms with van der Waals surface area (Å²) in [5.41, 5.74) is 0.521. The number of hydrogen-bond donors (Lipinski definition) is 1. The minimum absolute atomic E-state index is 0.333. The number of aryl methyl sites for hydroxylation is 1. The number of anilines is 1. The van der Waals surface area contributed by atoms with Crippen molar-refractivity contribution in [1.82, 2.24) is 0 Å². The fourth-order valence-corrected chi connectivity index (χ4v) is 3.91. The van der Waals surface area contributed by atoms with E-state index in [2.05, 4.69) is 4.72 Å². The molecule has 19 heavy (non-hydrogen) atoms. The summed E-state index contributed by atoms with van der Waals surface area (Å²) in [5, 5.41) is 0. The lowest BCUT2D eigenvalue weighted by atomic mass is 10.3. The van der Waals surface area contributed by atoms with E-state index in [1.807, 2.05) is 13.0 Å². The summed E-state index contributed by atoms with van der Waals surface area (Å²) >= 11 is 1.29. The molecule has 4 nitrogen and oxygen atoms in total. The standard InChI is InChI=1S/C13H15NO3S2/c1-3-12-8-9-13(18-12)19(15,16)14-10-4-6-11(17-2)7-5-10/h4-9,14H,3H2,1-2H3. The van der Waals surface area contributed by atoms with E-state index >= 15 is 0 Å². The minimum Gasteiger partial charge on any atom is -0.497 e. The van der Waals surface area contributed by atoms with Crippen molar-refractivity contribution in [3.05, 3.63) is 41.3 Å². The summed E-state index contributed by atoms with van der Waals surface area (Å²) in [4.78, 5) is 1.05. The van der Waals surface area contributed by atoms with Crippen LogP contribution in [0.15, 0.2) is 40.6 Å². The van der Waals surface area contributed by atoms with Gasteiger partial charge in [0.25, 0.3) is 10.0 Å². The highest BCUT2D eigenvalue weighted by Gasteiger charge is 2.16. The van der Waals surface area contributed by atoms with E-state index in [1.165, 1.54) is 11.3 Å². The topological polar surface area (TPSA) is 55.4 Å². The van der Waals surface area contributed by atoms with Crippen LogP contribution in [-0.4, -0.2) is 15.5 Å². The molecule has 1 aromatic carbocycles. The largest absolute Gasteiger partial charge is 0.497 e. The number of nitrogens with one attached hydrogen (secondary N) is 1. The number of hydrogen-bond acceptors (Lipinski definition) is 4. The summed E-state index contributed by atoms with van der Waals surface area (Å²) in [5.74, 6) is 0.687. The summed E-state index contributed by atoms with van der Waals surface area (Å²) in [6.45, 7) is 2.00. The van der Waals surface area contributed by atoms with Crippen LogP contribution in [-0.2, 0) is 16.4 Å². The van der Waals surface area contributed by atoms with Gasteiger partial charge in [-0.3, -0.25) is 4.72 Å². The Balaban J connectivity index is 2.20. The Morgan fingerprint density at radius 3 is 2.37 bits per heavy atom. The smallest absolute Gasteiger partial charge is 0.271 e. The molecular weight excluding hydrogens is 282 g/mol. The lowest BCUT2D eigenvalue weighted by Gasteiger charge is -2.06. The van der Waals surface area contributed by atoms with Crippen LogP contribution >= 0.6 is 11.3 Å². The predicted octanol–water partition coefficient (Wildman–Crippen LogP) is 3.12. The number of ether oxygens (including phenoxy) is 1. The quantitative estimate of drug-likeness (QED) is 0.922. The van der Waals surface area contributed by atoms with E-state index in [1.54, 1.807) is 37.4 Å². The molecule has 0 saturated heterocycles. The molecule has 0 saturated carbocycles. The van der Waals surface area contributed by atoms with Crippen LogP contribution in [0.2, 0.25) is 0 Å². The third kappa shape index (κ3) is 3.27. The second-order valence-electron chi connectivity index (χ2n) is 3.91. The summed E-state index contributed by atoms with van der Waals surface area (Å²) in [7, 11) is -1.93. The van der Waals surface area contributed by atoms with Crippen molar-refractivity contribution in [2.45, 2.75) is 17.6 Å². The fourth-order valence-electron chi connectivity index (χ4n) is 1.56. The molecule has 0 aliphatic rings. The molecule has 2 rings (SSSR count). The first-order valence-corrected chi connectivity index (χ1v) is 8.10. The molecule has 0 spiro atoms. The number of sulfonamides is 1. The molecule has 102 valence electrons. The zero-order valence-corrected chi connectivity index (χ0v) is 12.3. The second-order valence-corrected chi connectivity index (χ2v) is 6.99. The molecule has 6 heteroatoms. The van der Waals surface area contributed by atoms with Gasteiger partial charge < -0.3 is 4.74 Å². The highest BCUT2D eigenvalue weighted by molar-refractivity contribution is 7.94. The number of thiophene rings is 1. The summed E-state index contributed by atoms with van der Waals surface area (Å²) in [6, 6.07) is 10.2. The van der Waals surface area contributed by atoms with Crippen molar-refractivity contribution in [3.8, 4) is 5.75 Å². The lowest BCUT2D eigenvalue weighted by molar-refractivity contribution is 0.415. The van der Waals surface area contributed by atoms with E-state index < -0.39 is 10.0 Å². The Bertz CT molecular complexity index is 645. The Kier molecular flexibility index (Phi) is 4.11. The molecule has 1 N–H and O–H groups in total. The lowest BCUT2D eigenvalue weighted by Crippen LogP contribution is -2.11. The first kappa shape index (κ1) is 13.9. The van der Waals surface area contributed by atoms with Crippen molar-refractivity contribution in [2.75, 3.05) is 11.8 Å². The number of methoxy groups -OCH3 is 1. The first-order valence-electron chi connectivity index (χ1n) is 5.80. The van der Waals surface area contributed by atoms with Gasteiger partial charge in [-0.05, 0) is 42.8 Å². The predicted molar refractivity (Wildman–Crippen MR) is 77.5 cm³/mol. The average Bonchev–Trinajstić information content (AvgIpc) is 2.89. The van der Waals surface area contributed by atoms with Crippen LogP contribution in [0.1, 0.15) is 11.8 Å². The Morgan fingerprint density at radius 2 is 1.84 bits per heavy atom. The van der Waals surface area contributed by atoms with Gasteiger partial charge in [-0.25, -0.2) is 8.42 Å². The van der Waals surface area contributed by atoms with Crippen LogP contribution in [0, 0.1) is 0 Å². The van der Waals surface area contributed by atoms with E-state index in [9.17, 15) is 8.42 Å². The molecule has 0 aliphatic heterocycles. The van der Waals surface area contributed by atoms with Crippen LogP contribution < -0.4 is 9.46 Å². The number of benzene rings is 1. The molecule has 0 fully saturated rings. The van der Waals surface area contributed by atoms with Crippen molar-refractivity contribution < 1.29 is 13.2 Å². The van der Waals surface area contributed by atoms with Gasteiger partial charge in [0.05, 0.1) is 7.11 Å². The Morgan fingerprint density at radius 1 is 1.16 bits per heavy atom. The van der Waals surface area contributed by atoms with Crippen LogP contribution in [0.3, 0.4) is 0 Å². The Labute approximate surface area is 117 Å². The summed E-state index contributed by atoms with van der Waals surface area (Å²) < 4.78 is 32.2. The Hall–Kier alpha value is -1.53. The molecule has 0 unspecified atom stereocenters. The summed E-state index contributed by atoms with van der Waals surface area (Å²) in [6.07, 6.45) is 0.836. The van der Waals surface area contributed by atoms with Gasteiger partial charge in [-0.1, -0.05) is 6.92 Å². The minimum atomic E-state index is -3.49. The van der Waals surface area contributed by atoms with Crippen molar-refractivity contribution in [3.63, 3.8) is 0 Å².